The fourth-order valence-electron chi connectivity index (χ4n) is 1.80. The van der Waals surface area contributed by atoms with Crippen molar-refractivity contribution in [2.45, 2.75) is 20.0 Å². The first-order valence-corrected chi connectivity index (χ1v) is 6.24. The summed E-state index contributed by atoms with van der Waals surface area (Å²) in [5, 5.41) is 7.13. The highest BCUT2D eigenvalue weighted by atomic mass is 35.5. The summed E-state index contributed by atoms with van der Waals surface area (Å²) in [5.74, 6) is 1.61. The molecule has 0 fully saturated rings. The van der Waals surface area contributed by atoms with Gasteiger partial charge in [-0.1, -0.05) is 11.6 Å². The Morgan fingerprint density at radius 3 is 2.63 bits per heavy atom. The van der Waals surface area contributed by atoms with Crippen LogP contribution < -0.4 is 15.2 Å². The SMILES string of the molecule is COc1ccc(Cl)c(-c2cn[nH]c2N)c1OC(C)C. The second-order valence-corrected chi connectivity index (χ2v) is 4.72. The van der Waals surface area contributed by atoms with Gasteiger partial charge in [-0.2, -0.15) is 5.10 Å². The average Bonchev–Trinajstić information content (AvgIpc) is 2.75. The normalized spacial score (nSPS) is 10.8. The molecule has 0 spiro atoms. The molecule has 0 unspecified atom stereocenters. The lowest BCUT2D eigenvalue weighted by atomic mass is 10.1. The minimum Gasteiger partial charge on any atom is -0.493 e. The van der Waals surface area contributed by atoms with E-state index in [1.165, 1.54) is 0 Å². The number of nitrogens with one attached hydrogen (secondary N) is 1. The highest BCUT2D eigenvalue weighted by Crippen LogP contribution is 2.44. The molecule has 0 bridgehead atoms. The summed E-state index contributed by atoms with van der Waals surface area (Å²) < 4.78 is 11.1. The molecule has 2 rings (SSSR count). The number of H-pyrrole nitrogens is 1. The summed E-state index contributed by atoms with van der Waals surface area (Å²) in [6, 6.07) is 3.51. The topological polar surface area (TPSA) is 73.2 Å². The zero-order chi connectivity index (χ0) is 14.0. The summed E-state index contributed by atoms with van der Waals surface area (Å²) in [6.45, 7) is 3.87. The molecule has 3 N–H and O–H groups in total. The third kappa shape index (κ3) is 2.61. The second kappa shape index (κ2) is 5.40. The van der Waals surface area contributed by atoms with E-state index in [-0.39, 0.29) is 6.10 Å². The lowest BCUT2D eigenvalue weighted by Crippen LogP contribution is -2.08. The van der Waals surface area contributed by atoms with Gasteiger partial charge in [-0.25, -0.2) is 0 Å². The number of benzene rings is 1. The van der Waals surface area contributed by atoms with Crippen LogP contribution in [0.25, 0.3) is 11.1 Å². The average molecular weight is 282 g/mol. The highest BCUT2D eigenvalue weighted by Gasteiger charge is 2.20. The van der Waals surface area contributed by atoms with E-state index in [4.69, 9.17) is 26.8 Å². The minimum atomic E-state index is -0.0146. The standard InChI is InChI=1S/C13H16ClN3O2/c1-7(2)19-12-10(18-3)5-4-9(14)11(12)8-6-16-17-13(8)15/h4-7H,1-3H3,(H3,15,16,17). The summed E-state index contributed by atoms with van der Waals surface area (Å²) in [6.07, 6.45) is 1.60. The molecule has 0 aliphatic rings. The van der Waals surface area contributed by atoms with E-state index < -0.39 is 0 Å². The van der Waals surface area contributed by atoms with Crippen molar-refractivity contribution in [3.05, 3.63) is 23.4 Å². The second-order valence-electron chi connectivity index (χ2n) is 4.32. The maximum atomic E-state index is 6.27. The van der Waals surface area contributed by atoms with Gasteiger partial charge in [0, 0.05) is 5.56 Å². The smallest absolute Gasteiger partial charge is 0.171 e. The van der Waals surface area contributed by atoms with E-state index in [1.807, 2.05) is 13.8 Å². The van der Waals surface area contributed by atoms with Gasteiger partial charge in [0.2, 0.25) is 0 Å². The quantitative estimate of drug-likeness (QED) is 0.903. The van der Waals surface area contributed by atoms with Gasteiger partial charge in [0.15, 0.2) is 11.5 Å². The Morgan fingerprint density at radius 1 is 1.37 bits per heavy atom. The number of methoxy groups -OCH3 is 1. The largest absolute Gasteiger partial charge is 0.493 e. The molecule has 0 aliphatic heterocycles. The third-order valence-corrected chi connectivity index (χ3v) is 2.90. The van der Waals surface area contributed by atoms with Gasteiger partial charge >= 0.3 is 0 Å². The first-order chi connectivity index (χ1) is 9.04. The molecule has 0 aliphatic carbocycles. The molecule has 5 nitrogen and oxygen atoms in total. The molecule has 1 aromatic heterocycles. The molecular weight excluding hydrogens is 266 g/mol. The molecule has 102 valence electrons. The van der Waals surface area contributed by atoms with Crippen molar-refractivity contribution in [1.29, 1.82) is 0 Å². The van der Waals surface area contributed by atoms with Gasteiger partial charge in [0.1, 0.15) is 5.82 Å². The van der Waals surface area contributed by atoms with Gasteiger partial charge < -0.3 is 15.2 Å². The number of hydrogen-bond acceptors (Lipinski definition) is 4. The number of rotatable bonds is 4. The number of hydrogen-bond donors (Lipinski definition) is 2. The maximum Gasteiger partial charge on any atom is 0.171 e. The van der Waals surface area contributed by atoms with Gasteiger partial charge in [0.25, 0.3) is 0 Å². The van der Waals surface area contributed by atoms with E-state index in [2.05, 4.69) is 10.2 Å². The van der Waals surface area contributed by atoms with Crippen molar-refractivity contribution < 1.29 is 9.47 Å². The monoisotopic (exact) mass is 281 g/mol. The molecule has 0 saturated carbocycles. The Kier molecular flexibility index (Phi) is 3.85. The van der Waals surface area contributed by atoms with Gasteiger partial charge in [0.05, 0.1) is 30.0 Å². The number of nitrogens with two attached hydrogens (primary N) is 1. The lowest BCUT2D eigenvalue weighted by Gasteiger charge is -2.18. The molecule has 0 atom stereocenters. The van der Waals surface area contributed by atoms with Crippen LogP contribution in [0, 0.1) is 0 Å². The van der Waals surface area contributed by atoms with Crippen LogP contribution in [0.2, 0.25) is 5.02 Å². The zero-order valence-electron chi connectivity index (χ0n) is 11.0. The summed E-state index contributed by atoms with van der Waals surface area (Å²) in [7, 11) is 1.58. The predicted molar refractivity (Wildman–Crippen MR) is 75.8 cm³/mol. The van der Waals surface area contributed by atoms with Gasteiger partial charge in [-0.3, -0.25) is 5.10 Å². The van der Waals surface area contributed by atoms with Gasteiger partial charge in [-0.15, -0.1) is 0 Å². The van der Waals surface area contributed by atoms with Crippen molar-refractivity contribution in [1.82, 2.24) is 10.2 Å². The Bertz CT molecular complexity index is 581. The fraction of sp³-hybridized carbons (Fsp3) is 0.308. The molecule has 0 radical (unpaired) electrons. The molecule has 0 saturated heterocycles. The van der Waals surface area contributed by atoms with Crippen LogP contribution in [0.1, 0.15) is 13.8 Å². The number of nitrogen functional groups attached to an aromatic ring is 1. The minimum absolute atomic E-state index is 0.0146. The number of aromatic amines is 1. The van der Waals surface area contributed by atoms with E-state index in [0.717, 1.165) is 0 Å². The van der Waals surface area contributed by atoms with Crippen LogP contribution in [0.15, 0.2) is 18.3 Å². The maximum absolute atomic E-state index is 6.27. The molecule has 0 amide bonds. The van der Waals surface area contributed by atoms with Crippen LogP contribution in [0.3, 0.4) is 0 Å². The van der Waals surface area contributed by atoms with Crippen molar-refractivity contribution in [2.75, 3.05) is 12.8 Å². The number of aromatic nitrogens is 2. The third-order valence-electron chi connectivity index (χ3n) is 2.58. The first-order valence-electron chi connectivity index (χ1n) is 5.87. The number of anilines is 1. The van der Waals surface area contributed by atoms with Crippen molar-refractivity contribution in [3.63, 3.8) is 0 Å². The van der Waals surface area contributed by atoms with Gasteiger partial charge in [-0.05, 0) is 26.0 Å². The van der Waals surface area contributed by atoms with Crippen LogP contribution in [0.4, 0.5) is 5.82 Å². The van der Waals surface area contributed by atoms with Crippen LogP contribution in [-0.2, 0) is 0 Å². The molecule has 2 aromatic rings. The highest BCUT2D eigenvalue weighted by molar-refractivity contribution is 6.34. The molecule has 19 heavy (non-hydrogen) atoms. The summed E-state index contributed by atoms with van der Waals surface area (Å²) >= 11 is 6.27. The first kappa shape index (κ1) is 13.5. The molecule has 6 heteroatoms. The Balaban J connectivity index is 2.66. The van der Waals surface area contributed by atoms with Crippen LogP contribution >= 0.6 is 11.6 Å². The summed E-state index contributed by atoms with van der Waals surface area (Å²) in [4.78, 5) is 0. The Labute approximate surface area is 116 Å². The molecule has 1 heterocycles. The summed E-state index contributed by atoms with van der Waals surface area (Å²) in [5.41, 5.74) is 7.24. The Morgan fingerprint density at radius 2 is 2.11 bits per heavy atom. The number of nitrogens with zero attached hydrogens (tertiary/aromatic N) is 1. The molecule has 1 aromatic carbocycles. The number of halogens is 1. The molecular formula is C13H16ClN3O2. The predicted octanol–water partition coefficient (Wildman–Crippen LogP) is 3.11. The van der Waals surface area contributed by atoms with Crippen LogP contribution in [-0.4, -0.2) is 23.4 Å². The van der Waals surface area contributed by atoms with E-state index in [9.17, 15) is 0 Å². The van der Waals surface area contributed by atoms with E-state index >= 15 is 0 Å². The van der Waals surface area contributed by atoms with Crippen molar-refractivity contribution in [3.8, 4) is 22.6 Å². The van der Waals surface area contributed by atoms with Crippen molar-refractivity contribution >= 4 is 17.4 Å². The fourth-order valence-corrected chi connectivity index (χ4v) is 2.05. The Hall–Kier alpha value is -1.88. The van der Waals surface area contributed by atoms with Crippen molar-refractivity contribution in [2.24, 2.45) is 0 Å². The zero-order valence-corrected chi connectivity index (χ0v) is 11.8. The van der Waals surface area contributed by atoms with E-state index in [1.54, 1.807) is 25.4 Å². The number of ether oxygens (including phenoxy) is 2. The van der Waals surface area contributed by atoms with Crippen LogP contribution in [0.5, 0.6) is 11.5 Å². The lowest BCUT2D eigenvalue weighted by molar-refractivity contribution is 0.231. The van der Waals surface area contributed by atoms with E-state index in [0.29, 0.717) is 33.5 Å².